The number of rotatable bonds is 5. The summed E-state index contributed by atoms with van der Waals surface area (Å²) in [5, 5.41) is 0. The number of hydrogen-bond donors (Lipinski definition) is 0. The van der Waals surface area contributed by atoms with Crippen LogP contribution in [-0.4, -0.2) is 65.0 Å². The first-order valence-electron chi connectivity index (χ1n) is 8.63. The Morgan fingerprint density at radius 2 is 2.17 bits per heavy atom. The molecule has 2 aliphatic heterocycles. The molecule has 1 amide bonds. The Morgan fingerprint density at radius 1 is 1.29 bits per heavy atom. The summed E-state index contributed by atoms with van der Waals surface area (Å²) in [4.78, 5) is 21.7. The Labute approximate surface area is 142 Å². The van der Waals surface area contributed by atoms with Crippen LogP contribution in [0, 0.1) is 5.41 Å². The third-order valence-electron chi connectivity index (χ3n) is 5.48. The molecule has 6 heteroatoms. The molecule has 2 aliphatic rings. The zero-order chi connectivity index (χ0) is 16.6. The van der Waals surface area contributed by atoms with E-state index in [4.69, 9.17) is 4.74 Å². The lowest BCUT2D eigenvalue weighted by molar-refractivity contribution is -0.136. The van der Waals surface area contributed by atoms with E-state index in [1.165, 1.54) is 0 Å². The van der Waals surface area contributed by atoms with Crippen molar-refractivity contribution in [2.45, 2.75) is 19.4 Å². The standard InChI is InChI=1S/C18H24N4O2/c1-24-11-10-21-9-6-18(17(21)23)5-8-20(14-18)13-16-19-12-15-4-2-3-7-22(15)16/h2-4,7,12H,5-6,8-11,13-14H2,1H3. The molecule has 0 aromatic carbocycles. The van der Waals surface area contributed by atoms with E-state index in [-0.39, 0.29) is 5.41 Å². The maximum absolute atomic E-state index is 12.8. The Balaban J connectivity index is 1.44. The van der Waals surface area contributed by atoms with Gasteiger partial charge < -0.3 is 14.0 Å². The lowest BCUT2D eigenvalue weighted by atomic mass is 9.85. The van der Waals surface area contributed by atoms with Crippen molar-refractivity contribution in [2.24, 2.45) is 5.41 Å². The summed E-state index contributed by atoms with van der Waals surface area (Å²) < 4.78 is 7.25. The molecule has 0 N–H and O–H groups in total. The van der Waals surface area contributed by atoms with Gasteiger partial charge in [-0.1, -0.05) is 6.07 Å². The first kappa shape index (κ1) is 15.6. The summed E-state index contributed by atoms with van der Waals surface area (Å²) in [6, 6.07) is 6.12. The summed E-state index contributed by atoms with van der Waals surface area (Å²) in [5.74, 6) is 1.36. The molecule has 0 saturated carbocycles. The fraction of sp³-hybridized carbons (Fsp3) is 0.556. The lowest BCUT2D eigenvalue weighted by Crippen LogP contribution is -2.38. The molecule has 2 fully saturated rings. The van der Waals surface area contributed by atoms with Crippen LogP contribution >= 0.6 is 0 Å². The predicted octanol–water partition coefficient (Wildman–Crippen LogP) is 1.41. The second-order valence-corrected chi connectivity index (χ2v) is 6.95. The highest BCUT2D eigenvalue weighted by Gasteiger charge is 2.50. The molecule has 128 valence electrons. The van der Waals surface area contributed by atoms with Crippen LogP contribution < -0.4 is 0 Å². The summed E-state index contributed by atoms with van der Waals surface area (Å²) >= 11 is 0. The van der Waals surface area contributed by atoms with E-state index >= 15 is 0 Å². The van der Waals surface area contributed by atoms with Crippen LogP contribution in [0.5, 0.6) is 0 Å². The van der Waals surface area contributed by atoms with E-state index in [1.54, 1.807) is 7.11 Å². The smallest absolute Gasteiger partial charge is 0.230 e. The number of fused-ring (bicyclic) bond motifs is 1. The van der Waals surface area contributed by atoms with Crippen LogP contribution in [0.25, 0.3) is 5.52 Å². The first-order valence-corrected chi connectivity index (χ1v) is 8.63. The monoisotopic (exact) mass is 328 g/mol. The number of aromatic nitrogens is 2. The Hall–Kier alpha value is -1.92. The van der Waals surface area contributed by atoms with Crippen LogP contribution in [0.1, 0.15) is 18.7 Å². The van der Waals surface area contributed by atoms with Crippen LogP contribution in [0.3, 0.4) is 0 Å². The minimum atomic E-state index is -0.180. The lowest BCUT2D eigenvalue weighted by Gasteiger charge is -2.23. The van der Waals surface area contributed by atoms with Crippen molar-refractivity contribution < 1.29 is 9.53 Å². The molecule has 4 heterocycles. The number of hydrogen-bond acceptors (Lipinski definition) is 4. The minimum absolute atomic E-state index is 0.180. The third-order valence-corrected chi connectivity index (χ3v) is 5.48. The first-order chi connectivity index (χ1) is 11.7. The topological polar surface area (TPSA) is 50.1 Å². The van der Waals surface area contributed by atoms with Crippen molar-refractivity contribution in [3.05, 3.63) is 36.4 Å². The molecule has 0 radical (unpaired) electrons. The molecule has 1 atom stereocenters. The van der Waals surface area contributed by atoms with Gasteiger partial charge in [-0.05, 0) is 31.5 Å². The third kappa shape index (κ3) is 2.59. The number of methoxy groups -OCH3 is 1. The van der Waals surface area contributed by atoms with Gasteiger partial charge in [0.05, 0.1) is 30.3 Å². The fourth-order valence-electron chi connectivity index (χ4n) is 4.10. The Bertz CT molecular complexity index is 743. The molecule has 6 nitrogen and oxygen atoms in total. The highest BCUT2D eigenvalue weighted by Crippen LogP contribution is 2.40. The molecule has 2 saturated heterocycles. The van der Waals surface area contributed by atoms with Crippen molar-refractivity contribution in [1.82, 2.24) is 19.2 Å². The van der Waals surface area contributed by atoms with E-state index in [0.717, 1.165) is 50.4 Å². The van der Waals surface area contributed by atoms with E-state index in [9.17, 15) is 4.79 Å². The number of carbonyl (C=O) groups excluding carboxylic acids is 1. The van der Waals surface area contributed by atoms with Crippen LogP contribution in [0.15, 0.2) is 30.6 Å². The summed E-state index contributed by atoms with van der Waals surface area (Å²) in [6.07, 6.45) is 5.89. The molecule has 4 rings (SSSR count). The van der Waals surface area contributed by atoms with E-state index < -0.39 is 0 Å². The average molecular weight is 328 g/mol. The molecular weight excluding hydrogens is 304 g/mol. The maximum Gasteiger partial charge on any atom is 0.230 e. The van der Waals surface area contributed by atoms with Gasteiger partial charge in [-0.15, -0.1) is 0 Å². The Kier molecular flexibility index (Phi) is 4.02. The zero-order valence-electron chi connectivity index (χ0n) is 14.1. The second-order valence-electron chi connectivity index (χ2n) is 6.95. The van der Waals surface area contributed by atoms with E-state index in [1.807, 2.05) is 23.2 Å². The molecule has 2 aromatic heterocycles. The molecule has 2 aromatic rings. The Morgan fingerprint density at radius 3 is 3.04 bits per heavy atom. The normalized spacial score (nSPS) is 24.7. The van der Waals surface area contributed by atoms with Crippen LogP contribution in [-0.2, 0) is 16.1 Å². The second kappa shape index (κ2) is 6.18. The number of amides is 1. The summed E-state index contributed by atoms with van der Waals surface area (Å²) in [6.45, 7) is 4.80. The summed E-state index contributed by atoms with van der Waals surface area (Å²) in [5.41, 5.74) is 0.935. The van der Waals surface area contributed by atoms with E-state index in [2.05, 4.69) is 26.5 Å². The van der Waals surface area contributed by atoms with Crippen molar-refractivity contribution in [2.75, 3.05) is 39.9 Å². The molecule has 1 spiro atoms. The quantitative estimate of drug-likeness (QED) is 0.833. The zero-order valence-corrected chi connectivity index (χ0v) is 14.1. The van der Waals surface area contributed by atoms with Crippen molar-refractivity contribution in [3.63, 3.8) is 0 Å². The number of pyridine rings is 1. The number of carbonyl (C=O) groups is 1. The van der Waals surface area contributed by atoms with Gasteiger partial charge in [0.1, 0.15) is 5.82 Å². The van der Waals surface area contributed by atoms with Gasteiger partial charge in [0, 0.05) is 32.9 Å². The summed E-state index contributed by atoms with van der Waals surface area (Å²) in [7, 11) is 1.68. The van der Waals surface area contributed by atoms with E-state index in [0.29, 0.717) is 19.1 Å². The van der Waals surface area contributed by atoms with Gasteiger partial charge in [-0.3, -0.25) is 9.69 Å². The number of nitrogens with zero attached hydrogens (tertiary/aromatic N) is 4. The molecule has 0 bridgehead atoms. The highest BCUT2D eigenvalue weighted by molar-refractivity contribution is 5.85. The molecule has 24 heavy (non-hydrogen) atoms. The number of imidazole rings is 1. The number of ether oxygens (including phenoxy) is 1. The molecular formula is C18H24N4O2. The highest BCUT2D eigenvalue weighted by atomic mass is 16.5. The van der Waals surface area contributed by atoms with Crippen molar-refractivity contribution in [1.29, 1.82) is 0 Å². The fourth-order valence-corrected chi connectivity index (χ4v) is 4.10. The maximum atomic E-state index is 12.8. The van der Waals surface area contributed by atoms with Gasteiger partial charge in [0.15, 0.2) is 0 Å². The van der Waals surface area contributed by atoms with Crippen LogP contribution in [0.2, 0.25) is 0 Å². The average Bonchev–Trinajstić information content (AvgIpc) is 3.28. The minimum Gasteiger partial charge on any atom is -0.383 e. The molecule has 1 unspecified atom stereocenters. The van der Waals surface area contributed by atoms with Gasteiger partial charge >= 0.3 is 0 Å². The van der Waals surface area contributed by atoms with Crippen LogP contribution in [0.4, 0.5) is 0 Å². The van der Waals surface area contributed by atoms with Crippen molar-refractivity contribution >= 4 is 11.4 Å². The number of likely N-dealkylation sites (tertiary alicyclic amines) is 2. The largest absolute Gasteiger partial charge is 0.383 e. The van der Waals surface area contributed by atoms with Gasteiger partial charge in [0.25, 0.3) is 0 Å². The van der Waals surface area contributed by atoms with Crippen molar-refractivity contribution in [3.8, 4) is 0 Å². The SMILES string of the molecule is COCCN1CCC2(CCN(Cc3ncc4ccccn34)C2)C1=O. The van der Waals surface area contributed by atoms with Gasteiger partial charge in [-0.25, -0.2) is 4.98 Å². The van der Waals surface area contributed by atoms with Gasteiger partial charge in [-0.2, -0.15) is 0 Å². The van der Waals surface area contributed by atoms with Gasteiger partial charge in [0.2, 0.25) is 5.91 Å². The predicted molar refractivity (Wildman–Crippen MR) is 90.6 cm³/mol. The molecule has 0 aliphatic carbocycles.